The van der Waals surface area contributed by atoms with Crippen molar-refractivity contribution in [2.75, 3.05) is 31.6 Å². The van der Waals surface area contributed by atoms with E-state index >= 15 is 0 Å². The summed E-state index contributed by atoms with van der Waals surface area (Å²) in [4.78, 5) is 2.39. The predicted octanol–water partition coefficient (Wildman–Crippen LogP) is 3.06. The molecule has 19 heavy (non-hydrogen) atoms. The summed E-state index contributed by atoms with van der Waals surface area (Å²) in [6.07, 6.45) is 2.54. The average Bonchev–Trinajstić information content (AvgIpc) is 2.45. The highest BCUT2D eigenvalue weighted by Crippen LogP contribution is 2.32. The summed E-state index contributed by atoms with van der Waals surface area (Å²) in [6.45, 7) is 5.99. The van der Waals surface area contributed by atoms with E-state index in [1.54, 1.807) is 7.11 Å². The standard InChI is InChI=1S/C15H23ClN2O/c1-3-17-11-12-5-4-6-14(16)15(12)18-9-7-13(19-2)8-10-18/h4-6,13,17H,3,7-11H2,1-2H3. The molecule has 3 nitrogen and oxygen atoms in total. The molecule has 0 aromatic heterocycles. The van der Waals surface area contributed by atoms with E-state index in [2.05, 4.69) is 23.2 Å². The zero-order chi connectivity index (χ0) is 13.7. The molecule has 1 aromatic rings. The number of halogens is 1. The van der Waals surface area contributed by atoms with Gasteiger partial charge < -0.3 is 15.0 Å². The first-order valence-corrected chi connectivity index (χ1v) is 7.40. The van der Waals surface area contributed by atoms with Crippen molar-refractivity contribution < 1.29 is 4.74 Å². The number of piperidine rings is 1. The fourth-order valence-corrected chi connectivity index (χ4v) is 2.95. The molecule has 106 valence electrons. The first kappa shape index (κ1) is 14.6. The molecular weight excluding hydrogens is 260 g/mol. The zero-order valence-electron chi connectivity index (χ0n) is 11.8. The number of ether oxygens (including phenoxy) is 1. The maximum absolute atomic E-state index is 6.41. The van der Waals surface area contributed by atoms with Crippen LogP contribution in [0.3, 0.4) is 0 Å². The lowest BCUT2D eigenvalue weighted by atomic mass is 10.0. The maximum atomic E-state index is 6.41. The Morgan fingerprint density at radius 3 is 2.74 bits per heavy atom. The lowest BCUT2D eigenvalue weighted by Gasteiger charge is -2.34. The number of benzene rings is 1. The van der Waals surface area contributed by atoms with Crippen molar-refractivity contribution in [1.29, 1.82) is 0 Å². The first-order chi connectivity index (χ1) is 9.26. The van der Waals surface area contributed by atoms with Gasteiger partial charge in [-0.15, -0.1) is 0 Å². The summed E-state index contributed by atoms with van der Waals surface area (Å²) in [6, 6.07) is 6.17. The quantitative estimate of drug-likeness (QED) is 0.898. The molecule has 1 saturated heterocycles. The Kier molecular flexibility index (Phi) is 5.49. The average molecular weight is 283 g/mol. The van der Waals surface area contributed by atoms with Gasteiger partial charge in [0.15, 0.2) is 0 Å². The minimum Gasteiger partial charge on any atom is -0.381 e. The second kappa shape index (κ2) is 7.13. The van der Waals surface area contributed by atoms with Crippen LogP contribution in [0, 0.1) is 0 Å². The lowest BCUT2D eigenvalue weighted by molar-refractivity contribution is 0.0819. The van der Waals surface area contributed by atoms with Crippen molar-refractivity contribution in [3.8, 4) is 0 Å². The molecule has 1 aromatic carbocycles. The monoisotopic (exact) mass is 282 g/mol. The first-order valence-electron chi connectivity index (χ1n) is 7.02. The van der Waals surface area contributed by atoms with Crippen LogP contribution in [0.1, 0.15) is 25.3 Å². The Balaban J connectivity index is 2.14. The van der Waals surface area contributed by atoms with E-state index in [-0.39, 0.29) is 0 Å². The lowest BCUT2D eigenvalue weighted by Crippen LogP contribution is -2.37. The largest absolute Gasteiger partial charge is 0.381 e. The summed E-state index contributed by atoms with van der Waals surface area (Å²) in [7, 11) is 1.80. The molecular formula is C15H23ClN2O. The highest BCUT2D eigenvalue weighted by molar-refractivity contribution is 6.33. The van der Waals surface area contributed by atoms with Crippen LogP contribution in [0.2, 0.25) is 5.02 Å². The van der Waals surface area contributed by atoms with Crippen LogP contribution in [0.5, 0.6) is 0 Å². The van der Waals surface area contributed by atoms with E-state index in [9.17, 15) is 0 Å². The molecule has 0 bridgehead atoms. The van der Waals surface area contributed by atoms with Gasteiger partial charge in [-0.1, -0.05) is 30.7 Å². The smallest absolute Gasteiger partial charge is 0.0642 e. The number of nitrogens with one attached hydrogen (secondary N) is 1. The summed E-state index contributed by atoms with van der Waals surface area (Å²) in [5.41, 5.74) is 2.48. The van der Waals surface area contributed by atoms with E-state index in [1.807, 2.05) is 12.1 Å². The predicted molar refractivity (Wildman–Crippen MR) is 81.1 cm³/mol. The van der Waals surface area contributed by atoms with Gasteiger partial charge in [-0.2, -0.15) is 0 Å². The highest BCUT2D eigenvalue weighted by atomic mass is 35.5. The topological polar surface area (TPSA) is 24.5 Å². The Hall–Kier alpha value is -0.770. The van der Waals surface area contributed by atoms with Crippen molar-refractivity contribution >= 4 is 17.3 Å². The fourth-order valence-electron chi connectivity index (χ4n) is 2.63. The zero-order valence-corrected chi connectivity index (χ0v) is 12.5. The summed E-state index contributed by atoms with van der Waals surface area (Å²) >= 11 is 6.41. The van der Waals surface area contributed by atoms with Gasteiger partial charge >= 0.3 is 0 Å². The number of nitrogens with zero attached hydrogens (tertiary/aromatic N) is 1. The Morgan fingerprint density at radius 1 is 1.37 bits per heavy atom. The second-order valence-corrected chi connectivity index (χ2v) is 5.36. The fraction of sp³-hybridized carbons (Fsp3) is 0.600. The Morgan fingerprint density at radius 2 is 2.11 bits per heavy atom. The molecule has 0 atom stereocenters. The minimum absolute atomic E-state index is 0.399. The van der Waals surface area contributed by atoms with Crippen molar-refractivity contribution in [1.82, 2.24) is 5.32 Å². The molecule has 2 rings (SSSR count). The summed E-state index contributed by atoms with van der Waals surface area (Å²) in [5.74, 6) is 0. The van der Waals surface area contributed by atoms with Crippen LogP contribution in [-0.2, 0) is 11.3 Å². The van der Waals surface area contributed by atoms with Gasteiger partial charge in [0.2, 0.25) is 0 Å². The SMILES string of the molecule is CCNCc1cccc(Cl)c1N1CCC(OC)CC1. The number of anilines is 1. The van der Waals surface area contributed by atoms with Crippen LogP contribution in [-0.4, -0.2) is 32.8 Å². The third-order valence-corrected chi connectivity index (χ3v) is 4.03. The van der Waals surface area contributed by atoms with Gasteiger partial charge in [-0.25, -0.2) is 0 Å². The van der Waals surface area contributed by atoms with Gasteiger partial charge in [0.25, 0.3) is 0 Å². The summed E-state index contributed by atoms with van der Waals surface area (Å²) in [5, 5.41) is 4.23. The maximum Gasteiger partial charge on any atom is 0.0642 e. The molecule has 0 spiro atoms. The van der Waals surface area contributed by atoms with E-state index in [0.717, 1.165) is 44.0 Å². The molecule has 1 fully saturated rings. The third kappa shape index (κ3) is 3.62. The van der Waals surface area contributed by atoms with Crippen molar-refractivity contribution in [3.05, 3.63) is 28.8 Å². The molecule has 0 saturated carbocycles. The van der Waals surface area contributed by atoms with Gasteiger partial charge in [-0.3, -0.25) is 0 Å². The summed E-state index contributed by atoms with van der Waals surface area (Å²) < 4.78 is 5.43. The Bertz CT molecular complexity index is 403. The number of rotatable bonds is 5. The van der Waals surface area contributed by atoms with E-state index in [4.69, 9.17) is 16.3 Å². The minimum atomic E-state index is 0.399. The number of methoxy groups -OCH3 is 1. The van der Waals surface area contributed by atoms with Gasteiger partial charge in [0.05, 0.1) is 16.8 Å². The van der Waals surface area contributed by atoms with Crippen molar-refractivity contribution in [3.63, 3.8) is 0 Å². The van der Waals surface area contributed by atoms with Crippen molar-refractivity contribution in [2.45, 2.75) is 32.4 Å². The Labute approximate surface area is 120 Å². The van der Waals surface area contributed by atoms with Gasteiger partial charge in [-0.05, 0) is 31.0 Å². The van der Waals surface area contributed by atoms with E-state index < -0.39 is 0 Å². The third-order valence-electron chi connectivity index (χ3n) is 3.73. The van der Waals surface area contributed by atoms with Crippen LogP contribution in [0.25, 0.3) is 0 Å². The normalized spacial score (nSPS) is 16.9. The van der Waals surface area contributed by atoms with Gasteiger partial charge in [0.1, 0.15) is 0 Å². The molecule has 0 amide bonds. The number of hydrogen-bond donors (Lipinski definition) is 1. The van der Waals surface area contributed by atoms with Crippen LogP contribution in [0.4, 0.5) is 5.69 Å². The van der Waals surface area contributed by atoms with Crippen LogP contribution < -0.4 is 10.2 Å². The molecule has 0 unspecified atom stereocenters. The number of para-hydroxylation sites is 1. The van der Waals surface area contributed by atoms with Gasteiger partial charge in [0, 0.05) is 26.7 Å². The van der Waals surface area contributed by atoms with Crippen LogP contribution in [0.15, 0.2) is 18.2 Å². The molecule has 1 N–H and O–H groups in total. The molecule has 0 radical (unpaired) electrons. The second-order valence-electron chi connectivity index (χ2n) is 4.95. The number of hydrogen-bond acceptors (Lipinski definition) is 3. The molecule has 4 heteroatoms. The molecule has 1 aliphatic rings. The van der Waals surface area contributed by atoms with Crippen molar-refractivity contribution in [2.24, 2.45) is 0 Å². The van der Waals surface area contributed by atoms with E-state index in [1.165, 1.54) is 11.3 Å². The van der Waals surface area contributed by atoms with Crippen LogP contribution >= 0.6 is 11.6 Å². The molecule has 0 aliphatic carbocycles. The van der Waals surface area contributed by atoms with E-state index in [0.29, 0.717) is 6.10 Å². The highest BCUT2D eigenvalue weighted by Gasteiger charge is 2.22. The molecule has 1 aliphatic heterocycles. The molecule has 1 heterocycles.